The Morgan fingerprint density at radius 2 is 1.95 bits per heavy atom. The fourth-order valence-electron chi connectivity index (χ4n) is 1.36. The molecule has 19 heavy (non-hydrogen) atoms. The summed E-state index contributed by atoms with van der Waals surface area (Å²) >= 11 is 0. The SMILES string of the molecule is COc1cc(C(N)=O)c(C)c(NC(=O)C(C)(C)C)n1. The molecule has 1 rings (SSSR count). The van der Waals surface area contributed by atoms with Gasteiger partial charge in [-0.15, -0.1) is 0 Å². The highest BCUT2D eigenvalue weighted by atomic mass is 16.5. The Morgan fingerprint density at radius 1 is 1.37 bits per heavy atom. The smallest absolute Gasteiger partial charge is 0.249 e. The number of nitrogens with zero attached hydrogens (tertiary/aromatic N) is 1. The van der Waals surface area contributed by atoms with Crippen LogP contribution in [0.3, 0.4) is 0 Å². The first-order valence-corrected chi connectivity index (χ1v) is 5.83. The van der Waals surface area contributed by atoms with E-state index < -0.39 is 11.3 Å². The van der Waals surface area contributed by atoms with Gasteiger partial charge in [-0.2, -0.15) is 4.98 Å². The average molecular weight is 265 g/mol. The van der Waals surface area contributed by atoms with Crippen LogP contribution in [-0.4, -0.2) is 23.9 Å². The minimum atomic E-state index is -0.593. The summed E-state index contributed by atoms with van der Waals surface area (Å²) in [6, 6.07) is 1.45. The number of pyridine rings is 1. The van der Waals surface area contributed by atoms with E-state index in [9.17, 15) is 9.59 Å². The second-order valence-corrected chi connectivity index (χ2v) is 5.25. The minimum absolute atomic E-state index is 0.202. The minimum Gasteiger partial charge on any atom is -0.481 e. The third-order valence-corrected chi connectivity index (χ3v) is 2.64. The van der Waals surface area contributed by atoms with E-state index in [0.717, 1.165) is 0 Å². The van der Waals surface area contributed by atoms with E-state index in [1.165, 1.54) is 13.2 Å². The van der Waals surface area contributed by atoms with E-state index in [1.54, 1.807) is 27.7 Å². The Hall–Kier alpha value is -2.11. The van der Waals surface area contributed by atoms with Crippen molar-refractivity contribution in [3.05, 3.63) is 17.2 Å². The number of primary amides is 1. The van der Waals surface area contributed by atoms with Gasteiger partial charge in [0.2, 0.25) is 17.7 Å². The van der Waals surface area contributed by atoms with Crippen LogP contribution in [0.5, 0.6) is 5.88 Å². The first-order chi connectivity index (χ1) is 8.66. The molecule has 0 radical (unpaired) electrons. The summed E-state index contributed by atoms with van der Waals surface area (Å²) in [6.07, 6.45) is 0. The normalized spacial score (nSPS) is 11.0. The molecule has 104 valence electrons. The number of rotatable bonds is 3. The molecule has 1 heterocycles. The van der Waals surface area contributed by atoms with Crippen LogP contribution in [0, 0.1) is 12.3 Å². The number of nitrogens with one attached hydrogen (secondary N) is 1. The highest BCUT2D eigenvalue weighted by Crippen LogP contribution is 2.24. The van der Waals surface area contributed by atoms with Crippen LogP contribution >= 0.6 is 0 Å². The van der Waals surface area contributed by atoms with Crippen LogP contribution in [0.15, 0.2) is 6.07 Å². The molecule has 0 bridgehead atoms. The number of carbonyl (C=O) groups is 2. The monoisotopic (exact) mass is 265 g/mol. The summed E-state index contributed by atoms with van der Waals surface area (Å²) in [5.74, 6) is -0.284. The second kappa shape index (κ2) is 5.26. The lowest BCUT2D eigenvalue weighted by atomic mass is 9.95. The largest absolute Gasteiger partial charge is 0.481 e. The molecule has 0 unspecified atom stereocenters. The Kier molecular flexibility index (Phi) is 4.14. The predicted molar refractivity (Wildman–Crippen MR) is 72.1 cm³/mol. The summed E-state index contributed by atoms with van der Waals surface area (Å²) in [5.41, 5.74) is 5.52. The molecule has 0 fully saturated rings. The summed E-state index contributed by atoms with van der Waals surface area (Å²) in [7, 11) is 1.43. The first-order valence-electron chi connectivity index (χ1n) is 5.83. The molecular formula is C13H19N3O3. The third-order valence-electron chi connectivity index (χ3n) is 2.64. The molecule has 1 aromatic heterocycles. The molecule has 0 saturated carbocycles. The number of amides is 2. The highest BCUT2D eigenvalue weighted by Gasteiger charge is 2.23. The van der Waals surface area contributed by atoms with Gasteiger partial charge in [0.05, 0.1) is 12.7 Å². The summed E-state index contributed by atoms with van der Waals surface area (Å²) in [6.45, 7) is 7.03. The maximum absolute atomic E-state index is 12.0. The Labute approximate surface area is 112 Å². The zero-order valence-corrected chi connectivity index (χ0v) is 11.8. The van der Waals surface area contributed by atoms with Crippen LogP contribution in [-0.2, 0) is 4.79 Å². The van der Waals surface area contributed by atoms with Crippen molar-refractivity contribution in [3.8, 4) is 5.88 Å². The molecule has 6 heteroatoms. The Balaban J connectivity index is 3.24. The van der Waals surface area contributed by atoms with Gasteiger partial charge in [0.1, 0.15) is 5.82 Å². The number of anilines is 1. The molecule has 0 aliphatic heterocycles. The number of hydrogen-bond acceptors (Lipinski definition) is 4. The molecule has 0 saturated heterocycles. The maximum Gasteiger partial charge on any atom is 0.249 e. The van der Waals surface area contributed by atoms with Crippen molar-refractivity contribution in [2.75, 3.05) is 12.4 Å². The highest BCUT2D eigenvalue weighted by molar-refractivity contribution is 5.99. The van der Waals surface area contributed by atoms with Gasteiger partial charge in [-0.1, -0.05) is 20.8 Å². The molecular weight excluding hydrogens is 246 g/mol. The lowest BCUT2D eigenvalue weighted by molar-refractivity contribution is -0.123. The molecule has 0 aliphatic carbocycles. The number of hydrogen-bond donors (Lipinski definition) is 2. The predicted octanol–water partition coefficient (Wildman–Crippen LogP) is 1.48. The zero-order chi connectivity index (χ0) is 14.8. The van der Waals surface area contributed by atoms with Crippen molar-refractivity contribution < 1.29 is 14.3 Å². The van der Waals surface area contributed by atoms with Crippen molar-refractivity contribution in [2.45, 2.75) is 27.7 Å². The lowest BCUT2D eigenvalue weighted by Gasteiger charge is -2.19. The van der Waals surface area contributed by atoms with Gasteiger partial charge in [0, 0.05) is 17.0 Å². The Bertz CT molecular complexity index is 519. The number of aromatic nitrogens is 1. The number of ether oxygens (including phenoxy) is 1. The van der Waals surface area contributed by atoms with Gasteiger partial charge in [0.25, 0.3) is 0 Å². The molecule has 0 aromatic carbocycles. The first kappa shape index (κ1) is 14.9. The van der Waals surface area contributed by atoms with Gasteiger partial charge in [-0.3, -0.25) is 9.59 Å². The zero-order valence-electron chi connectivity index (χ0n) is 11.8. The van der Waals surface area contributed by atoms with Gasteiger partial charge < -0.3 is 15.8 Å². The molecule has 3 N–H and O–H groups in total. The molecule has 0 spiro atoms. The van der Waals surface area contributed by atoms with Crippen molar-refractivity contribution in [3.63, 3.8) is 0 Å². The van der Waals surface area contributed by atoms with Crippen molar-refractivity contribution in [2.24, 2.45) is 11.1 Å². The fourth-order valence-corrected chi connectivity index (χ4v) is 1.36. The lowest BCUT2D eigenvalue weighted by Crippen LogP contribution is -2.29. The third kappa shape index (κ3) is 3.43. The van der Waals surface area contributed by atoms with Crippen molar-refractivity contribution >= 4 is 17.6 Å². The molecule has 2 amide bonds. The van der Waals surface area contributed by atoms with Gasteiger partial charge >= 0.3 is 0 Å². The summed E-state index contributed by atoms with van der Waals surface area (Å²) < 4.78 is 5.00. The van der Waals surface area contributed by atoms with E-state index >= 15 is 0 Å². The fraction of sp³-hybridized carbons (Fsp3) is 0.462. The average Bonchev–Trinajstić information content (AvgIpc) is 2.29. The van der Waals surface area contributed by atoms with Gasteiger partial charge in [-0.05, 0) is 6.92 Å². The van der Waals surface area contributed by atoms with Crippen LogP contribution in [0.2, 0.25) is 0 Å². The molecule has 6 nitrogen and oxygen atoms in total. The van der Waals surface area contributed by atoms with E-state index in [0.29, 0.717) is 5.56 Å². The standard InChI is InChI=1S/C13H19N3O3/c1-7-8(10(14)17)6-9(19-5)15-11(7)16-12(18)13(2,3)4/h6H,1-5H3,(H2,14,17)(H,15,16,18). The van der Waals surface area contributed by atoms with Crippen molar-refractivity contribution in [1.82, 2.24) is 4.98 Å². The topological polar surface area (TPSA) is 94.3 Å². The van der Waals surface area contributed by atoms with E-state index in [-0.39, 0.29) is 23.2 Å². The van der Waals surface area contributed by atoms with Crippen LogP contribution in [0.25, 0.3) is 0 Å². The molecule has 0 atom stereocenters. The maximum atomic E-state index is 12.0. The van der Waals surface area contributed by atoms with Crippen LogP contribution in [0.4, 0.5) is 5.82 Å². The van der Waals surface area contributed by atoms with Gasteiger partial charge in [-0.25, -0.2) is 0 Å². The number of carbonyl (C=O) groups excluding carboxylic acids is 2. The van der Waals surface area contributed by atoms with Crippen molar-refractivity contribution in [1.29, 1.82) is 0 Å². The van der Waals surface area contributed by atoms with Crippen LogP contribution in [0.1, 0.15) is 36.7 Å². The second-order valence-electron chi connectivity index (χ2n) is 5.25. The summed E-state index contributed by atoms with van der Waals surface area (Å²) in [5, 5.41) is 2.68. The molecule has 1 aromatic rings. The quantitative estimate of drug-likeness (QED) is 0.865. The summed E-state index contributed by atoms with van der Waals surface area (Å²) in [4.78, 5) is 27.4. The van der Waals surface area contributed by atoms with Gasteiger partial charge in [0.15, 0.2) is 0 Å². The Morgan fingerprint density at radius 3 is 2.37 bits per heavy atom. The van der Waals surface area contributed by atoms with Crippen LogP contribution < -0.4 is 15.8 Å². The van der Waals surface area contributed by atoms with E-state index in [1.807, 2.05) is 0 Å². The van der Waals surface area contributed by atoms with E-state index in [4.69, 9.17) is 10.5 Å². The van der Waals surface area contributed by atoms with E-state index in [2.05, 4.69) is 10.3 Å². The number of methoxy groups -OCH3 is 1. The number of nitrogens with two attached hydrogens (primary N) is 1. The molecule has 0 aliphatic rings.